The minimum absolute atomic E-state index is 0.00318. The Bertz CT molecular complexity index is 383. The molecule has 18 heavy (non-hydrogen) atoms. The van der Waals surface area contributed by atoms with Gasteiger partial charge in [0.2, 0.25) is 0 Å². The smallest absolute Gasteiger partial charge is 0.251 e. The third-order valence-corrected chi connectivity index (χ3v) is 3.63. The third-order valence-electron chi connectivity index (χ3n) is 3.63. The van der Waals surface area contributed by atoms with Crippen molar-refractivity contribution in [2.75, 3.05) is 12.0 Å². The molecule has 4 N–H and O–H groups in total. The minimum atomic E-state index is -0.00318. The lowest BCUT2D eigenvalue weighted by Gasteiger charge is -2.10. The van der Waals surface area contributed by atoms with Crippen LogP contribution in [0, 0.1) is 5.92 Å². The number of carbonyl (C=O) groups excluding carboxylic acids is 1. The van der Waals surface area contributed by atoms with Crippen molar-refractivity contribution < 1.29 is 4.79 Å². The largest absolute Gasteiger partial charge is 0.352 e. The molecule has 1 aromatic rings. The first-order valence-electron chi connectivity index (χ1n) is 6.64. The third kappa shape index (κ3) is 3.47. The zero-order valence-electron chi connectivity index (χ0n) is 10.6. The van der Waals surface area contributed by atoms with E-state index in [1.807, 2.05) is 0 Å². The fourth-order valence-electron chi connectivity index (χ4n) is 2.51. The highest BCUT2D eigenvalue weighted by atomic mass is 16.1. The van der Waals surface area contributed by atoms with E-state index in [4.69, 9.17) is 5.84 Å². The van der Waals surface area contributed by atoms with Crippen LogP contribution >= 0.6 is 0 Å². The maximum absolute atomic E-state index is 11.9. The van der Waals surface area contributed by atoms with Gasteiger partial charge in [0, 0.05) is 17.8 Å². The van der Waals surface area contributed by atoms with Gasteiger partial charge in [-0.3, -0.25) is 10.6 Å². The predicted octanol–water partition coefficient (Wildman–Crippen LogP) is 2.28. The first-order chi connectivity index (χ1) is 8.79. The summed E-state index contributed by atoms with van der Waals surface area (Å²) in [7, 11) is 0. The van der Waals surface area contributed by atoms with Crippen LogP contribution in [-0.4, -0.2) is 12.5 Å². The van der Waals surface area contributed by atoms with Crippen LogP contribution in [0.15, 0.2) is 24.3 Å². The fourth-order valence-corrected chi connectivity index (χ4v) is 2.51. The molecule has 0 aromatic heterocycles. The molecule has 1 aliphatic rings. The minimum Gasteiger partial charge on any atom is -0.352 e. The Hall–Kier alpha value is -1.55. The highest BCUT2D eigenvalue weighted by molar-refractivity contribution is 5.94. The van der Waals surface area contributed by atoms with Gasteiger partial charge in [-0.25, -0.2) is 0 Å². The van der Waals surface area contributed by atoms with E-state index in [1.54, 1.807) is 24.3 Å². The first-order valence-corrected chi connectivity index (χ1v) is 6.64. The zero-order valence-corrected chi connectivity index (χ0v) is 10.6. The average Bonchev–Trinajstić information content (AvgIpc) is 2.92. The fraction of sp³-hybridized carbons (Fsp3) is 0.500. The number of hydrogen-bond donors (Lipinski definition) is 3. The number of nitrogens with two attached hydrogens (primary N) is 1. The van der Waals surface area contributed by atoms with Crippen molar-refractivity contribution in [1.82, 2.24) is 5.32 Å². The van der Waals surface area contributed by atoms with Gasteiger partial charge in [0.25, 0.3) is 5.91 Å². The van der Waals surface area contributed by atoms with Gasteiger partial charge in [-0.15, -0.1) is 0 Å². The molecule has 1 amide bonds. The lowest BCUT2D eigenvalue weighted by Crippen LogP contribution is -2.25. The molecule has 0 atom stereocenters. The number of hydrazine groups is 1. The Morgan fingerprint density at radius 3 is 2.50 bits per heavy atom. The number of amides is 1. The van der Waals surface area contributed by atoms with Crippen molar-refractivity contribution >= 4 is 11.6 Å². The monoisotopic (exact) mass is 247 g/mol. The van der Waals surface area contributed by atoms with Crippen molar-refractivity contribution in [2.45, 2.75) is 32.1 Å². The number of nitrogen functional groups attached to an aromatic ring is 1. The second-order valence-electron chi connectivity index (χ2n) is 4.92. The van der Waals surface area contributed by atoms with Gasteiger partial charge >= 0.3 is 0 Å². The van der Waals surface area contributed by atoms with Crippen LogP contribution in [0.25, 0.3) is 0 Å². The van der Waals surface area contributed by atoms with Gasteiger partial charge in [-0.05, 0) is 36.6 Å². The Morgan fingerprint density at radius 1 is 1.22 bits per heavy atom. The molecular weight excluding hydrogens is 226 g/mol. The van der Waals surface area contributed by atoms with Crippen LogP contribution < -0.4 is 16.6 Å². The van der Waals surface area contributed by atoms with E-state index in [-0.39, 0.29) is 5.91 Å². The van der Waals surface area contributed by atoms with E-state index in [0.29, 0.717) is 5.56 Å². The molecule has 0 aliphatic heterocycles. The van der Waals surface area contributed by atoms with E-state index in [2.05, 4.69) is 10.7 Å². The molecule has 0 spiro atoms. The van der Waals surface area contributed by atoms with Crippen LogP contribution in [0.1, 0.15) is 42.5 Å². The van der Waals surface area contributed by atoms with Crippen molar-refractivity contribution in [1.29, 1.82) is 0 Å². The highest BCUT2D eigenvalue weighted by Gasteiger charge is 2.14. The van der Waals surface area contributed by atoms with E-state index < -0.39 is 0 Å². The maximum Gasteiger partial charge on any atom is 0.251 e. The van der Waals surface area contributed by atoms with Crippen molar-refractivity contribution in [3.8, 4) is 0 Å². The van der Waals surface area contributed by atoms with E-state index in [0.717, 1.165) is 24.6 Å². The molecule has 4 heteroatoms. The lowest BCUT2D eigenvalue weighted by molar-refractivity contribution is 0.0951. The molecule has 1 saturated carbocycles. The molecule has 0 radical (unpaired) electrons. The van der Waals surface area contributed by atoms with Crippen molar-refractivity contribution in [3.05, 3.63) is 29.8 Å². The molecule has 0 unspecified atom stereocenters. The quantitative estimate of drug-likeness (QED) is 0.552. The number of benzene rings is 1. The highest BCUT2D eigenvalue weighted by Crippen LogP contribution is 2.26. The van der Waals surface area contributed by atoms with Crippen LogP contribution in [0.3, 0.4) is 0 Å². The van der Waals surface area contributed by atoms with Gasteiger partial charge in [0.15, 0.2) is 0 Å². The Kier molecular flexibility index (Phi) is 4.59. The van der Waals surface area contributed by atoms with Crippen LogP contribution in [-0.2, 0) is 0 Å². The summed E-state index contributed by atoms with van der Waals surface area (Å²) >= 11 is 0. The first kappa shape index (κ1) is 12.9. The van der Waals surface area contributed by atoms with Crippen LogP contribution in [0.2, 0.25) is 0 Å². The van der Waals surface area contributed by atoms with E-state index >= 15 is 0 Å². The maximum atomic E-state index is 11.9. The molecule has 98 valence electrons. The van der Waals surface area contributed by atoms with Gasteiger partial charge in [0.05, 0.1) is 0 Å². The molecule has 0 bridgehead atoms. The molecule has 1 aromatic carbocycles. The zero-order chi connectivity index (χ0) is 12.8. The molecule has 0 heterocycles. The molecule has 4 nitrogen and oxygen atoms in total. The second kappa shape index (κ2) is 6.40. The summed E-state index contributed by atoms with van der Waals surface area (Å²) in [5.74, 6) is 6.09. The summed E-state index contributed by atoms with van der Waals surface area (Å²) < 4.78 is 0. The topological polar surface area (TPSA) is 67.1 Å². The van der Waals surface area contributed by atoms with E-state index in [1.165, 1.54) is 25.7 Å². The lowest BCUT2D eigenvalue weighted by atomic mass is 10.0. The summed E-state index contributed by atoms with van der Waals surface area (Å²) in [6.45, 7) is 0.778. The number of rotatable bonds is 5. The summed E-state index contributed by atoms with van der Waals surface area (Å²) in [5.41, 5.74) is 4.03. The second-order valence-corrected chi connectivity index (χ2v) is 4.92. The number of anilines is 1. The Labute approximate surface area is 108 Å². The predicted molar refractivity (Wildman–Crippen MR) is 73.2 cm³/mol. The summed E-state index contributed by atoms with van der Waals surface area (Å²) in [5, 5.41) is 2.97. The van der Waals surface area contributed by atoms with Crippen molar-refractivity contribution in [2.24, 2.45) is 11.8 Å². The average molecular weight is 247 g/mol. The summed E-state index contributed by atoms with van der Waals surface area (Å²) in [4.78, 5) is 11.9. The van der Waals surface area contributed by atoms with Crippen LogP contribution in [0.5, 0.6) is 0 Å². The summed E-state index contributed by atoms with van der Waals surface area (Å²) in [6, 6.07) is 7.15. The standard InChI is InChI=1S/C14H21N3O/c15-17-13-7-5-12(6-8-13)14(18)16-10-9-11-3-1-2-4-11/h5-8,11,17H,1-4,9-10,15H2,(H,16,18). The SMILES string of the molecule is NNc1ccc(C(=O)NCCC2CCCC2)cc1. The molecular formula is C14H21N3O. The van der Waals surface area contributed by atoms with E-state index in [9.17, 15) is 4.79 Å². The molecule has 1 aliphatic carbocycles. The number of hydrogen-bond acceptors (Lipinski definition) is 3. The molecule has 0 saturated heterocycles. The van der Waals surface area contributed by atoms with Crippen LogP contribution in [0.4, 0.5) is 5.69 Å². The van der Waals surface area contributed by atoms with Gasteiger partial charge in [0.1, 0.15) is 0 Å². The Morgan fingerprint density at radius 2 is 1.89 bits per heavy atom. The van der Waals surface area contributed by atoms with Crippen molar-refractivity contribution in [3.63, 3.8) is 0 Å². The molecule has 1 fully saturated rings. The number of nitrogens with one attached hydrogen (secondary N) is 2. The molecule has 2 rings (SSSR count). The van der Waals surface area contributed by atoms with Gasteiger partial charge < -0.3 is 10.7 Å². The van der Waals surface area contributed by atoms with Gasteiger partial charge in [-0.2, -0.15) is 0 Å². The Balaban J connectivity index is 1.76. The van der Waals surface area contributed by atoms with Gasteiger partial charge in [-0.1, -0.05) is 25.7 Å². The summed E-state index contributed by atoms with van der Waals surface area (Å²) in [6.07, 6.45) is 6.46. The normalized spacial score (nSPS) is 15.6. The number of carbonyl (C=O) groups is 1.